The summed E-state index contributed by atoms with van der Waals surface area (Å²) in [6.07, 6.45) is 1.91. The molecule has 0 fully saturated rings. The lowest BCUT2D eigenvalue weighted by atomic mass is 10.0. The lowest BCUT2D eigenvalue weighted by Crippen LogP contribution is -2.03. The number of allylic oxidation sites excluding steroid dienone is 1. The first-order chi connectivity index (χ1) is 7.45. The van der Waals surface area contributed by atoms with E-state index < -0.39 is 5.97 Å². The SMILES string of the molecule is COc1c(C=C(C)C)cc(C)cc1C(=O)O. The molecule has 0 radical (unpaired) electrons. The van der Waals surface area contributed by atoms with Crippen LogP contribution in [0, 0.1) is 6.92 Å². The zero-order valence-corrected chi connectivity index (χ0v) is 10.00. The molecule has 3 nitrogen and oxygen atoms in total. The number of rotatable bonds is 3. The van der Waals surface area contributed by atoms with Crippen LogP contribution in [-0.4, -0.2) is 18.2 Å². The molecule has 0 aliphatic carbocycles. The van der Waals surface area contributed by atoms with Crippen LogP contribution in [0.1, 0.15) is 35.3 Å². The smallest absolute Gasteiger partial charge is 0.339 e. The molecule has 0 aliphatic heterocycles. The molecule has 86 valence electrons. The van der Waals surface area contributed by atoms with Crippen molar-refractivity contribution in [3.8, 4) is 5.75 Å². The zero-order chi connectivity index (χ0) is 12.3. The molecule has 0 aliphatic rings. The van der Waals surface area contributed by atoms with Gasteiger partial charge < -0.3 is 9.84 Å². The summed E-state index contributed by atoms with van der Waals surface area (Å²) < 4.78 is 5.17. The molecule has 0 saturated carbocycles. The van der Waals surface area contributed by atoms with Gasteiger partial charge in [-0.2, -0.15) is 0 Å². The van der Waals surface area contributed by atoms with Crippen LogP contribution in [0.25, 0.3) is 6.08 Å². The van der Waals surface area contributed by atoms with E-state index in [4.69, 9.17) is 9.84 Å². The van der Waals surface area contributed by atoms with Crippen LogP contribution in [0.5, 0.6) is 5.75 Å². The quantitative estimate of drug-likeness (QED) is 0.851. The molecular weight excluding hydrogens is 204 g/mol. The molecule has 0 spiro atoms. The Balaban J connectivity index is 3.48. The van der Waals surface area contributed by atoms with Crippen LogP contribution in [0.3, 0.4) is 0 Å². The zero-order valence-electron chi connectivity index (χ0n) is 10.00. The van der Waals surface area contributed by atoms with Gasteiger partial charge in [0.25, 0.3) is 0 Å². The van der Waals surface area contributed by atoms with Crippen molar-refractivity contribution in [3.63, 3.8) is 0 Å². The molecule has 0 amide bonds. The third-order valence-electron chi connectivity index (χ3n) is 2.14. The van der Waals surface area contributed by atoms with Gasteiger partial charge in [0.1, 0.15) is 11.3 Å². The van der Waals surface area contributed by atoms with Crippen LogP contribution in [-0.2, 0) is 0 Å². The van der Waals surface area contributed by atoms with E-state index in [9.17, 15) is 4.79 Å². The molecule has 1 N–H and O–H groups in total. The molecular formula is C13H16O3. The van der Waals surface area contributed by atoms with Crippen LogP contribution in [0.2, 0.25) is 0 Å². The predicted molar refractivity (Wildman–Crippen MR) is 64.0 cm³/mol. The lowest BCUT2D eigenvalue weighted by Gasteiger charge is -2.10. The number of ether oxygens (including phenoxy) is 1. The number of hydrogen-bond acceptors (Lipinski definition) is 2. The van der Waals surface area contributed by atoms with Gasteiger partial charge in [0.2, 0.25) is 0 Å². The number of aryl methyl sites for hydroxylation is 1. The number of aromatic carboxylic acids is 1. The van der Waals surface area contributed by atoms with Gasteiger partial charge in [0.15, 0.2) is 0 Å². The molecule has 1 aromatic carbocycles. The van der Waals surface area contributed by atoms with Crippen molar-refractivity contribution in [2.45, 2.75) is 20.8 Å². The molecule has 0 atom stereocenters. The topological polar surface area (TPSA) is 46.5 Å². The molecule has 1 rings (SSSR count). The Labute approximate surface area is 95.4 Å². The summed E-state index contributed by atoms with van der Waals surface area (Å²) in [7, 11) is 1.49. The first kappa shape index (κ1) is 12.3. The molecule has 0 saturated heterocycles. The fourth-order valence-corrected chi connectivity index (χ4v) is 1.61. The third-order valence-corrected chi connectivity index (χ3v) is 2.14. The van der Waals surface area contributed by atoms with E-state index in [-0.39, 0.29) is 5.56 Å². The second-order valence-corrected chi connectivity index (χ2v) is 3.96. The summed E-state index contributed by atoms with van der Waals surface area (Å²) in [4.78, 5) is 11.1. The van der Waals surface area contributed by atoms with Crippen molar-refractivity contribution in [3.05, 3.63) is 34.4 Å². The maximum atomic E-state index is 11.1. The normalized spacial score (nSPS) is 9.75. The number of benzene rings is 1. The van der Waals surface area contributed by atoms with E-state index in [1.165, 1.54) is 7.11 Å². The summed E-state index contributed by atoms with van der Waals surface area (Å²) in [6.45, 7) is 5.79. The average molecular weight is 220 g/mol. The van der Waals surface area contributed by atoms with Gasteiger partial charge in [-0.1, -0.05) is 11.6 Å². The van der Waals surface area contributed by atoms with Crippen LogP contribution in [0.4, 0.5) is 0 Å². The van der Waals surface area contributed by atoms with Crippen LogP contribution >= 0.6 is 0 Å². The minimum Gasteiger partial charge on any atom is -0.495 e. The molecule has 0 heterocycles. The average Bonchev–Trinajstić information content (AvgIpc) is 2.15. The van der Waals surface area contributed by atoms with Gasteiger partial charge in [-0.15, -0.1) is 0 Å². The minimum absolute atomic E-state index is 0.204. The first-order valence-electron chi connectivity index (χ1n) is 5.02. The summed E-state index contributed by atoms with van der Waals surface area (Å²) in [6, 6.07) is 3.53. The second kappa shape index (κ2) is 4.84. The summed E-state index contributed by atoms with van der Waals surface area (Å²) in [5.74, 6) is -0.553. The van der Waals surface area contributed by atoms with Crippen LogP contribution < -0.4 is 4.74 Å². The highest BCUT2D eigenvalue weighted by molar-refractivity contribution is 5.93. The lowest BCUT2D eigenvalue weighted by molar-refractivity contribution is 0.0693. The molecule has 0 aromatic heterocycles. The van der Waals surface area contributed by atoms with Gasteiger partial charge in [-0.25, -0.2) is 4.79 Å². The van der Waals surface area contributed by atoms with Crippen molar-refractivity contribution < 1.29 is 14.6 Å². The van der Waals surface area contributed by atoms with Crippen LogP contribution in [0.15, 0.2) is 17.7 Å². The third kappa shape index (κ3) is 2.63. The predicted octanol–water partition coefficient (Wildman–Crippen LogP) is 3.13. The van der Waals surface area contributed by atoms with Gasteiger partial charge >= 0.3 is 5.97 Å². The Kier molecular flexibility index (Phi) is 3.72. The number of methoxy groups -OCH3 is 1. The van der Waals surface area contributed by atoms with Gasteiger partial charge in [-0.05, 0) is 38.5 Å². The Morgan fingerprint density at radius 1 is 1.38 bits per heavy atom. The van der Waals surface area contributed by atoms with Crippen molar-refractivity contribution >= 4 is 12.0 Å². The fourth-order valence-electron chi connectivity index (χ4n) is 1.61. The molecule has 16 heavy (non-hydrogen) atoms. The van der Waals surface area contributed by atoms with Gasteiger partial charge in [0.05, 0.1) is 7.11 Å². The number of carbonyl (C=O) groups is 1. The number of carboxylic acids is 1. The van der Waals surface area contributed by atoms with E-state index >= 15 is 0 Å². The Bertz CT molecular complexity index is 441. The van der Waals surface area contributed by atoms with E-state index in [0.717, 1.165) is 16.7 Å². The highest BCUT2D eigenvalue weighted by atomic mass is 16.5. The van der Waals surface area contributed by atoms with Gasteiger partial charge in [-0.3, -0.25) is 0 Å². The van der Waals surface area contributed by atoms with E-state index in [2.05, 4.69) is 0 Å². The summed E-state index contributed by atoms with van der Waals surface area (Å²) in [5, 5.41) is 9.08. The van der Waals surface area contributed by atoms with E-state index in [0.29, 0.717) is 5.75 Å². The molecule has 3 heteroatoms. The van der Waals surface area contributed by atoms with Crippen molar-refractivity contribution in [1.82, 2.24) is 0 Å². The Morgan fingerprint density at radius 3 is 2.44 bits per heavy atom. The number of hydrogen-bond donors (Lipinski definition) is 1. The summed E-state index contributed by atoms with van der Waals surface area (Å²) in [5.41, 5.74) is 3.01. The largest absolute Gasteiger partial charge is 0.495 e. The monoisotopic (exact) mass is 220 g/mol. The standard InChI is InChI=1S/C13H16O3/c1-8(2)5-10-6-9(3)7-11(13(14)15)12(10)16-4/h5-7H,1-4H3,(H,14,15). The maximum Gasteiger partial charge on any atom is 0.339 e. The molecule has 0 bridgehead atoms. The minimum atomic E-state index is -0.969. The highest BCUT2D eigenvalue weighted by Gasteiger charge is 2.14. The van der Waals surface area contributed by atoms with E-state index in [1.54, 1.807) is 6.07 Å². The fraction of sp³-hybridized carbons (Fsp3) is 0.308. The molecule has 1 aromatic rings. The first-order valence-corrected chi connectivity index (χ1v) is 5.02. The Hall–Kier alpha value is -1.77. The van der Waals surface area contributed by atoms with Crippen molar-refractivity contribution in [2.24, 2.45) is 0 Å². The van der Waals surface area contributed by atoms with Crippen molar-refractivity contribution in [1.29, 1.82) is 0 Å². The molecule has 0 unspecified atom stereocenters. The highest BCUT2D eigenvalue weighted by Crippen LogP contribution is 2.27. The van der Waals surface area contributed by atoms with E-state index in [1.807, 2.05) is 32.9 Å². The van der Waals surface area contributed by atoms with Crippen molar-refractivity contribution in [2.75, 3.05) is 7.11 Å². The summed E-state index contributed by atoms with van der Waals surface area (Å²) >= 11 is 0. The second-order valence-electron chi connectivity index (χ2n) is 3.96. The maximum absolute atomic E-state index is 11.1. The number of carboxylic acid groups (broad SMARTS) is 1. The Morgan fingerprint density at radius 2 is 2.00 bits per heavy atom. The van der Waals surface area contributed by atoms with Gasteiger partial charge in [0, 0.05) is 5.56 Å².